The Morgan fingerprint density at radius 3 is 2.33 bits per heavy atom. The number of aliphatic hydroxyl groups excluding tert-OH is 1. The van der Waals surface area contributed by atoms with Gasteiger partial charge in [-0.15, -0.1) is 0 Å². The van der Waals surface area contributed by atoms with Gasteiger partial charge in [-0.05, 0) is 23.8 Å². The van der Waals surface area contributed by atoms with Crippen LogP contribution < -0.4 is 4.90 Å². The maximum Gasteiger partial charge on any atom is 0.370 e. The van der Waals surface area contributed by atoms with E-state index in [9.17, 15) is 4.79 Å². The molecule has 2 N–H and O–H groups in total. The second kappa shape index (κ2) is 5.55. The van der Waals surface area contributed by atoms with Crippen LogP contribution in [-0.4, -0.2) is 42.5 Å². The Hall–Kier alpha value is -2.01. The third kappa shape index (κ3) is 3.01. The molecule has 5 heteroatoms. The quantitative estimate of drug-likeness (QED) is 0.627. The third-order valence-corrected chi connectivity index (χ3v) is 2.79. The SMILES string of the molecule is O=C(O)/C(O)=C\c1ccc(N2CCOCC2)cc1. The first-order chi connectivity index (χ1) is 8.66. The Morgan fingerprint density at radius 1 is 1.17 bits per heavy atom. The largest absolute Gasteiger partial charge is 0.502 e. The maximum atomic E-state index is 10.5. The molecule has 1 aliphatic heterocycles. The van der Waals surface area contributed by atoms with Crippen LogP contribution in [0.4, 0.5) is 5.69 Å². The molecular formula is C13H15NO4. The molecule has 1 aromatic carbocycles. The molecular weight excluding hydrogens is 234 g/mol. The van der Waals surface area contributed by atoms with Gasteiger partial charge in [-0.25, -0.2) is 4.79 Å². The second-order valence-corrected chi connectivity index (χ2v) is 4.03. The molecule has 18 heavy (non-hydrogen) atoms. The molecule has 1 heterocycles. The number of nitrogens with zero attached hydrogens (tertiary/aromatic N) is 1. The van der Waals surface area contributed by atoms with Gasteiger partial charge >= 0.3 is 5.97 Å². The Morgan fingerprint density at radius 2 is 1.78 bits per heavy atom. The number of rotatable bonds is 3. The molecule has 0 unspecified atom stereocenters. The number of ether oxygens (including phenoxy) is 1. The second-order valence-electron chi connectivity index (χ2n) is 4.03. The van der Waals surface area contributed by atoms with Crippen LogP contribution >= 0.6 is 0 Å². The zero-order valence-electron chi connectivity index (χ0n) is 9.87. The van der Waals surface area contributed by atoms with Gasteiger partial charge < -0.3 is 19.8 Å². The van der Waals surface area contributed by atoms with E-state index in [0.717, 1.165) is 32.0 Å². The summed E-state index contributed by atoms with van der Waals surface area (Å²) in [5.41, 5.74) is 1.73. The van der Waals surface area contributed by atoms with Gasteiger partial charge in [0.1, 0.15) is 0 Å². The number of carboxylic acid groups (broad SMARTS) is 1. The van der Waals surface area contributed by atoms with Crippen LogP contribution in [0.15, 0.2) is 30.0 Å². The van der Waals surface area contributed by atoms with Gasteiger partial charge in [0, 0.05) is 18.8 Å². The van der Waals surface area contributed by atoms with Gasteiger partial charge in [0.2, 0.25) is 5.76 Å². The van der Waals surface area contributed by atoms with Crippen LogP contribution in [-0.2, 0) is 9.53 Å². The highest BCUT2D eigenvalue weighted by Crippen LogP contribution is 2.17. The average molecular weight is 249 g/mol. The van der Waals surface area contributed by atoms with Crippen molar-refractivity contribution in [2.75, 3.05) is 31.2 Å². The summed E-state index contributed by atoms with van der Waals surface area (Å²) in [5.74, 6) is -1.98. The van der Waals surface area contributed by atoms with E-state index >= 15 is 0 Å². The lowest BCUT2D eigenvalue weighted by molar-refractivity contribution is -0.135. The van der Waals surface area contributed by atoms with Crippen LogP contribution in [0.5, 0.6) is 0 Å². The molecule has 1 fully saturated rings. The van der Waals surface area contributed by atoms with Crippen molar-refractivity contribution in [2.24, 2.45) is 0 Å². The number of hydrogen-bond acceptors (Lipinski definition) is 4. The van der Waals surface area contributed by atoms with E-state index in [1.165, 1.54) is 6.08 Å². The molecule has 0 amide bonds. The fourth-order valence-electron chi connectivity index (χ4n) is 1.82. The zero-order valence-corrected chi connectivity index (χ0v) is 9.87. The van der Waals surface area contributed by atoms with E-state index < -0.39 is 11.7 Å². The summed E-state index contributed by atoms with van der Waals surface area (Å²) in [6.07, 6.45) is 1.23. The molecule has 0 bridgehead atoms. The smallest absolute Gasteiger partial charge is 0.370 e. The van der Waals surface area contributed by atoms with Gasteiger partial charge in [-0.3, -0.25) is 0 Å². The topological polar surface area (TPSA) is 70.0 Å². The number of benzene rings is 1. The number of aliphatic carboxylic acids is 1. The first kappa shape index (κ1) is 12.4. The van der Waals surface area contributed by atoms with Crippen LogP contribution in [0, 0.1) is 0 Å². The molecule has 1 aliphatic rings. The van der Waals surface area contributed by atoms with Crippen molar-refractivity contribution in [1.29, 1.82) is 0 Å². The molecule has 0 saturated carbocycles. The van der Waals surface area contributed by atoms with Crippen molar-refractivity contribution in [3.63, 3.8) is 0 Å². The molecule has 1 aromatic rings. The molecule has 0 atom stereocenters. The van der Waals surface area contributed by atoms with Crippen molar-refractivity contribution in [3.05, 3.63) is 35.6 Å². The highest BCUT2D eigenvalue weighted by atomic mass is 16.5. The van der Waals surface area contributed by atoms with E-state index in [2.05, 4.69) is 4.90 Å². The Bertz CT molecular complexity index is 447. The Kier molecular flexibility index (Phi) is 3.84. The van der Waals surface area contributed by atoms with E-state index in [0.29, 0.717) is 5.56 Å². The summed E-state index contributed by atoms with van der Waals surface area (Å²) < 4.78 is 5.27. The monoisotopic (exact) mass is 249 g/mol. The Labute approximate surface area is 105 Å². The number of aliphatic hydroxyl groups is 1. The lowest BCUT2D eigenvalue weighted by atomic mass is 10.1. The summed E-state index contributed by atoms with van der Waals surface area (Å²) in [4.78, 5) is 12.7. The summed E-state index contributed by atoms with van der Waals surface area (Å²) in [7, 11) is 0. The van der Waals surface area contributed by atoms with Crippen molar-refractivity contribution in [3.8, 4) is 0 Å². The maximum absolute atomic E-state index is 10.5. The highest BCUT2D eigenvalue weighted by molar-refractivity contribution is 5.89. The summed E-state index contributed by atoms with van der Waals surface area (Å²) in [6, 6.07) is 7.38. The minimum absolute atomic E-state index is 0.658. The first-order valence-electron chi connectivity index (χ1n) is 5.73. The van der Waals surface area contributed by atoms with Crippen molar-refractivity contribution >= 4 is 17.7 Å². The lowest BCUT2D eigenvalue weighted by Gasteiger charge is -2.28. The summed E-state index contributed by atoms with van der Waals surface area (Å²) >= 11 is 0. The molecule has 0 aromatic heterocycles. The van der Waals surface area contributed by atoms with E-state index in [1.807, 2.05) is 12.1 Å². The van der Waals surface area contributed by atoms with Crippen molar-refractivity contribution in [2.45, 2.75) is 0 Å². The molecule has 0 aliphatic carbocycles. The highest BCUT2D eigenvalue weighted by Gasteiger charge is 2.10. The third-order valence-electron chi connectivity index (χ3n) is 2.79. The van der Waals surface area contributed by atoms with Gasteiger partial charge in [-0.1, -0.05) is 12.1 Å². The van der Waals surface area contributed by atoms with E-state index in [4.69, 9.17) is 14.9 Å². The van der Waals surface area contributed by atoms with Crippen molar-refractivity contribution in [1.82, 2.24) is 0 Å². The van der Waals surface area contributed by atoms with Gasteiger partial charge in [-0.2, -0.15) is 0 Å². The summed E-state index contributed by atoms with van der Waals surface area (Å²) in [6.45, 7) is 3.16. The minimum atomic E-state index is -1.33. The average Bonchev–Trinajstić information content (AvgIpc) is 2.40. The first-order valence-corrected chi connectivity index (χ1v) is 5.73. The minimum Gasteiger partial charge on any atom is -0.502 e. The van der Waals surface area contributed by atoms with Crippen LogP contribution in [0.3, 0.4) is 0 Å². The predicted octanol–water partition coefficient (Wildman–Crippen LogP) is 1.51. The summed E-state index contributed by atoms with van der Waals surface area (Å²) in [5, 5.41) is 17.7. The van der Waals surface area contributed by atoms with Crippen LogP contribution in [0.1, 0.15) is 5.56 Å². The number of hydrogen-bond donors (Lipinski definition) is 2. The number of anilines is 1. The van der Waals surface area contributed by atoms with Crippen LogP contribution in [0.2, 0.25) is 0 Å². The lowest BCUT2D eigenvalue weighted by Crippen LogP contribution is -2.36. The van der Waals surface area contributed by atoms with E-state index in [1.54, 1.807) is 12.1 Å². The van der Waals surface area contributed by atoms with Gasteiger partial charge in [0.25, 0.3) is 0 Å². The van der Waals surface area contributed by atoms with Gasteiger partial charge in [0.05, 0.1) is 13.2 Å². The fourth-order valence-corrected chi connectivity index (χ4v) is 1.82. The Balaban J connectivity index is 2.09. The van der Waals surface area contributed by atoms with Gasteiger partial charge in [0.15, 0.2) is 0 Å². The molecule has 0 spiro atoms. The standard InChI is InChI=1S/C13H15NO4/c15-12(13(16)17)9-10-1-3-11(4-2-10)14-5-7-18-8-6-14/h1-4,9,15H,5-8H2,(H,16,17)/b12-9+. The zero-order chi connectivity index (χ0) is 13.0. The number of carboxylic acids is 1. The normalized spacial score (nSPS) is 16.7. The van der Waals surface area contributed by atoms with Crippen molar-refractivity contribution < 1.29 is 19.7 Å². The predicted molar refractivity (Wildman–Crippen MR) is 67.7 cm³/mol. The molecule has 5 nitrogen and oxygen atoms in total. The van der Waals surface area contributed by atoms with E-state index in [-0.39, 0.29) is 0 Å². The molecule has 2 rings (SSSR count). The molecule has 1 saturated heterocycles. The fraction of sp³-hybridized carbons (Fsp3) is 0.308. The molecule has 96 valence electrons. The van der Waals surface area contributed by atoms with Crippen LogP contribution in [0.25, 0.3) is 6.08 Å². The number of morpholine rings is 1. The molecule has 0 radical (unpaired) electrons. The number of carbonyl (C=O) groups is 1.